The quantitative estimate of drug-likeness (QED) is 0.377. The van der Waals surface area contributed by atoms with Gasteiger partial charge >= 0.3 is 0 Å². The number of likely N-dealkylation sites (N-methyl/N-ethyl adjacent to an activating group) is 1. The van der Waals surface area contributed by atoms with Crippen LogP contribution in [-0.4, -0.2) is 50.6 Å². The predicted molar refractivity (Wildman–Crippen MR) is 141 cm³/mol. The van der Waals surface area contributed by atoms with Crippen LogP contribution in [0.15, 0.2) is 83.8 Å². The molecule has 10 heteroatoms. The number of anilines is 3. The van der Waals surface area contributed by atoms with Gasteiger partial charge in [0.15, 0.2) is 0 Å². The van der Waals surface area contributed by atoms with Crippen molar-refractivity contribution in [3.63, 3.8) is 0 Å². The van der Waals surface area contributed by atoms with Gasteiger partial charge in [0.1, 0.15) is 4.87 Å². The first-order valence-electron chi connectivity index (χ1n) is 11.3. The van der Waals surface area contributed by atoms with Gasteiger partial charge in [-0.05, 0) is 54.7 Å². The molecule has 8 nitrogen and oxygen atoms in total. The van der Waals surface area contributed by atoms with E-state index in [0.717, 1.165) is 17.8 Å². The summed E-state index contributed by atoms with van der Waals surface area (Å²) in [6.07, 6.45) is 0.978. The summed E-state index contributed by atoms with van der Waals surface area (Å²) in [5.74, 6) is -0.0810. The molecule has 1 spiro atoms. The number of amides is 1. The molecule has 1 aliphatic carbocycles. The lowest BCUT2D eigenvalue weighted by Crippen LogP contribution is -2.42. The first kappa shape index (κ1) is 21.9. The van der Waals surface area contributed by atoms with Gasteiger partial charge in [0.25, 0.3) is 0 Å². The Morgan fingerprint density at radius 2 is 1.97 bits per heavy atom. The summed E-state index contributed by atoms with van der Waals surface area (Å²) in [6, 6.07) is 26.3. The Kier molecular flexibility index (Phi) is 5.34. The van der Waals surface area contributed by atoms with E-state index in [1.807, 2.05) is 54.2 Å². The number of tetrazole rings is 1. The van der Waals surface area contributed by atoms with Gasteiger partial charge in [-0.1, -0.05) is 58.5 Å². The van der Waals surface area contributed by atoms with E-state index in [2.05, 4.69) is 74.1 Å². The monoisotopic (exact) mass is 501 g/mol. The number of para-hydroxylation sites is 2. The van der Waals surface area contributed by atoms with Crippen LogP contribution in [0.25, 0.3) is 5.69 Å². The highest BCUT2D eigenvalue weighted by Gasteiger charge is 2.64. The fraction of sp³-hybridized carbons (Fsp3) is 0.200. The minimum Gasteiger partial charge on any atom is -0.357 e. The molecule has 35 heavy (non-hydrogen) atoms. The first-order chi connectivity index (χ1) is 17.0. The highest BCUT2D eigenvalue weighted by molar-refractivity contribution is 8.01. The molecule has 3 aromatic carbocycles. The summed E-state index contributed by atoms with van der Waals surface area (Å²) >= 11 is 7.09. The van der Waals surface area contributed by atoms with Gasteiger partial charge in [0.2, 0.25) is 10.7 Å². The van der Waals surface area contributed by atoms with Gasteiger partial charge < -0.3 is 15.1 Å². The number of aromatic amines is 1. The molecule has 2 atom stereocenters. The van der Waals surface area contributed by atoms with Crippen LogP contribution in [-0.2, 0) is 4.79 Å². The Hall–Kier alpha value is -3.63. The van der Waals surface area contributed by atoms with Crippen molar-refractivity contribution in [2.45, 2.75) is 22.2 Å². The van der Waals surface area contributed by atoms with Crippen molar-refractivity contribution >= 4 is 46.9 Å². The average Bonchev–Trinajstić information content (AvgIpc) is 3.30. The molecule has 1 saturated carbocycles. The van der Waals surface area contributed by atoms with E-state index >= 15 is 0 Å². The summed E-state index contributed by atoms with van der Waals surface area (Å²) in [6.45, 7) is 0.246. The zero-order valence-corrected chi connectivity index (χ0v) is 20.6. The first-order valence-corrected chi connectivity index (χ1v) is 12.5. The molecule has 1 aliphatic heterocycles. The number of hydrogen-bond acceptors (Lipinski definition) is 7. The maximum absolute atomic E-state index is 13.3. The number of rotatable bonds is 6. The Labute approximate surface area is 211 Å². The summed E-state index contributed by atoms with van der Waals surface area (Å²) in [4.78, 5) is 19.1. The lowest BCUT2D eigenvalue weighted by molar-refractivity contribution is -0.115. The summed E-state index contributed by atoms with van der Waals surface area (Å²) in [5, 5.41) is 13.3. The van der Waals surface area contributed by atoms with Gasteiger partial charge in [0, 0.05) is 29.7 Å². The van der Waals surface area contributed by atoms with E-state index in [4.69, 9.17) is 12.2 Å². The van der Waals surface area contributed by atoms with E-state index in [1.54, 1.807) is 4.68 Å². The van der Waals surface area contributed by atoms with E-state index in [-0.39, 0.29) is 23.4 Å². The lowest BCUT2D eigenvalue weighted by Gasteiger charge is -2.30. The number of nitrogens with one attached hydrogen (secondary N) is 2. The minimum absolute atomic E-state index is 0.0656. The van der Waals surface area contributed by atoms with E-state index in [9.17, 15) is 4.79 Å². The second-order valence-corrected chi connectivity index (χ2v) is 10.4. The fourth-order valence-electron chi connectivity index (χ4n) is 4.77. The molecule has 2 unspecified atom stereocenters. The van der Waals surface area contributed by atoms with Crippen molar-refractivity contribution < 1.29 is 4.79 Å². The fourth-order valence-corrected chi connectivity index (χ4v) is 6.53. The Morgan fingerprint density at radius 1 is 1.17 bits per heavy atom. The number of carbonyl (C=O) groups is 1. The third kappa shape index (κ3) is 3.88. The Morgan fingerprint density at radius 3 is 2.74 bits per heavy atom. The number of hydrogen-bond donors (Lipinski definition) is 2. The molecule has 2 heterocycles. The summed E-state index contributed by atoms with van der Waals surface area (Å²) < 4.78 is 1.90. The minimum atomic E-state index is -0.0810. The molecular formula is C25H23N7OS2. The molecule has 4 aromatic rings. The molecule has 0 saturated heterocycles. The van der Waals surface area contributed by atoms with Crippen molar-refractivity contribution in [2.75, 3.05) is 28.7 Å². The normalized spacial score (nSPS) is 20.0. The van der Waals surface area contributed by atoms with Crippen LogP contribution < -0.4 is 15.1 Å². The van der Waals surface area contributed by atoms with Crippen molar-refractivity contribution in [1.82, 2.24) is 20.2 Å². The number of benzene rings is 3. The van der Waals surface area contributed by atoms with Crippen LogP contribution in [0.3, 0.4) is 0 Å². The van der Waals surface area contributed by atoms with Crippen LogP contribution in [0.1, 0.15) is 6.42 Å². The standard InChI is InChI=1S/C25H23N7OS2/c1-30-20-12-5-6-13-21(20)35-25(30)15-22(25)31(18-9-3-2-4-10-18)16-23(33)26-17-8-7-11-19(14-17)32-24(34)27-28-29-32/h2-14,22H,15-16H2,1H3,(H,26,33)(H,27,29,34). The topological polar surface area (TPSA) is 82.1 Å². The third-order valence-electron chi connectivity index (χ3n) is 6.57. The molecule has 1 amide bonds. The molecule has 6 rings (SSSR count). The van der Waals surface area contributed by atoms with Crippen molar-refractivity contribution in [3.8, 4) is 5.69 Å². The van der Waals surface area contributed by atoms with Crippen molar-refractivity contribution in [2.24, 2.45) is 0 Å². The Balaban J connectivity index is 1.23. The average molecular weight is 502 g/mol. The largest absolute Gasteiger partial charge is 0.357 e. The Bertz CT molecular complexity index is 1450. The maximum atomic E-state index is 13.3. The molecule has 0 bridgehead atoms. The van der Waals surface area contributed by atoms with E-state index in [1.165, 1.54) is 10.6 Å². The zero-order valence-electron chi connectivity index (χ0n) is 19.0. The number of thioether (sulfide) groups is 1. The molecule has 2 N–H and O–H groups in total. The predicted octanol–water partition coefficient (Wildman–Crippen LogP) is 4.48. The summed E-state index contributed by atoms with van der Waals surface area (Å²) in [7, 11) is 2.16. The number of H-pyrrole nitrogens is 1. The van der Waals surface area contributed by atoms with Crippen LogP contribution in [0.4, 0.5) is 17.1 Å². The highest BCUT2D eigenvalue weighted by atomic mass is 32.2. The number of fused-ring (bicyclic) bond motifs is 1. The number of aromatic nitrogens is 4. The van der Waals surface area contributed by atoms with E-state index < -0.39 is 0 Å². The molecular weight excluding hydrogens is 478 g/mol. The van der Waals surface area contributed by atoms with Crippen LogP contribution in [0, 0.1) is 4.77 Å². The van der Waals surface area contributed by atoms with Gasteiger partial charge in [-0.25, -0.2) is 4.68 Å². The van der Waals surface area contributed by atoms with Crippen LogP contribution >= 0.6 is 24.0 Å². The molecule has 0 radical (unpaired) electrons. The summed E-state index contributed by atoms with van der Waals surface area (Å²) in [5.41, 5.74) is 3.72. The highest BCUT2D eigenvalue weighted by Crippen LogP contribution is 2.63. The lowest BCUT2D eigenvalue weighted by atomic mass is 10.2. The second kappa shape index (κ2) is 8.54. The van der Waals surface area contributed by atoms with Crippen LogP contribution in [0.2, 0.25) is 0 Å². The molecule has 1 fully saturated rings. The van der Waals surface area contributed by atoms with Crippen LogP contribution in [0.5, 0.6) is 0 Å². The number of nitrogens with zero attached hydrogens (tertiary/aromatic N) is 5. The SMILES string of the molecule is CN1c2ccccc2SC12CC2N(CC(=O)Nc1cccc(-n2[nH]nnc2=S)c1)c1ccccc1. The maximum Gasteiger partial charge on any atom is 0.243 e. The van der Waals surface area contributed by atoms with Gasteiger partial charge in [-0.3, -0.25) is 4.79 Å². The molecule has 176 valence electrons. The van der Waals surface area contributed by atoms with Crippen molar-refractivity contribution in [1.29, 1.82) is 0 Å². The smallest absolute Gasteiger partial charge is 0.243 e. The van der Waals surface area contributed by atoms with E-state index in [0.29, 0.717) is 10.5 Å². The van der Waals surface area contributed by atoms with Crippen molar-refractivity contribution in [3.05, 3.63) is 83.6 Å². The molecule has 1 aromatic heterocycles. The van der Waals surface area contributed by atoms with Gasteiger partial charge in [0.05, 0.1) is 24.0 Å². The number of carbonyl (C=O) groups excluding carboxylic acids is 1. The molecule has 2 aliphatic rings. The van der Waals surface area contributed by atoms with Gasteiger partial charge in [-0.2, -0.15) is 5.21 Å². The third-order valence-corrected chi connectivity index (χ3v) is 8.46. The zero-order chi connectivity index (χ0) is 24.0. The van der Waals surface area contributed by atoms with Gasteiger partial charge in [-0.15, -0.1) is 0 Å². The second-order valence-electron chi connectivity index (χ2n) is 8.67.